The van der Waals surface area contributed by atoms with E-state index in [1.165, 1.54) is 11.3 Å². The average molecular weight is 170 g/mol. The van der Waals surface area contributed by atoms with E-state index >= 15 is 0 Å². The molecule has 1 aliphatic heterocycles. The minimum Gasteiger partial charge on any atom is -0.447 e. The molecule has 1 N–H and O–H groups in total. The van der Waals surface area contributed by atoms with Gasteiger partial charge in [0.25, 0.3) is 0 Å². The number of nitrogens with one attached hydrogen (secondary N) is 1. The van der Waals surface area contributed by atoms with Gasteiger partial charge in [-0.2, -0.15) is 0 Å². The number of hydrogen-bond donors (Lipinski definition) is 1. The Balaban J connectivity index is 2.13. The van der Waals surface area contributed by atoms with Gasteiger partial charge in [-0.15, -0.1) is 11.3 Å². The quantitative estimate of drug-likeness (QED) is 0.682. The molecule has 4 nitrogen and oxygen atoms in total. The van der Waals surface area contributed by atoms with Gasteiger partial charge in [0.05, 0.1) is 10.4 Å². The van der Waals surface area contributed by atoms with Crippen molar-refractivity contribution < 1.29 is 9.53 Å². The van der Waals surface area contributed by atoms with Gasteiger partial charge >= 0.3 is 6.09 Å². The van der Waals surface area contributed by atoms with E-state index in [4.69, 9.17) is 4.74 Å². The molecule has 1 fully saturated rings. The maximum absolute atomic E-state index is 10.6. The number of carbonyl (C=O) groups excluding carboxylic acids is 1. The number of cyclic esters (lactones) is 1. The Labute approximate surface area is 67.2 Å². The third-order valence-electron chi connectivity index (χ3n) is 1.47. The van der Waals surface area contributed by atoms with Crippen molar-refractivity contribution in [2.24, 2.45) is 0 Å². The van der Waals surface area contributed by atoms with Crippen molar-refractivity contribution in [3.8, 4) is 0 Å². The van der Waals surface area contributed by atoms with Crippen LogP contribution in [0, 0.1) is 0 Å². The molecule has 0 aliphatic carbocycles. The predicted molar refractivity (Wildman–Crippen MR) is 39.3 cm³/mol. The Morgan fingerprint density at radius 2 is 2.73 bits per heavy atom. The fourth-order valence-electron chi connectivity index (χ4n) is 0.936. The summed E-state index contributed by atoms with van der Waals surface area (Å²) in [6, 6.07) is 0.00926. The maximum Gasteiger partial charge on any atom is 0.407 e. The Bertz CT molecular complexity index is 260. The summed E-state index contributed by atoms with van der Waals surface area (Å²) in [6.07, 6.45) is 1.40. The first-order valence-corrected chi connectivity index (χ1v) is 4.06. The highest BCUT2D eigenvalue weighted by Crippen LogP contribution is 2.20. The van der Waals surface area contributed by atoms with Crippen molar-refractivity contribution in [2.45, 2.75) is 6.04 Å². The molecule has 5 heteroatoms. The van der Waals surface area contributed by atoms with Crippen molar-refractivity contribution in [3.63, 3.8) is 0 Å². The van der Waals surface area contributed by atoms with Crippen LogP contribution in [0.15, 0.2) is 11.7 Å². The number of amides is 1. The van der Waals surface area contributed by atoms with Gasteiger partial charge in [0.2, 0.25) is 0 Å². The van der Waals surface area contributed by atoms with Crippen molar-refractivity contribution >= 4 is 17.4 Å². The molecule has 0 radical (unpaired) electrons. The lowest BCUT2D eigenvalue weighted by atomic mass is 10.3. The summed E-state index contributed by atoms with van der Waals surface area (Å²) in [4.78, 5) is 15.5. The Morgan fingerprint density at radius 1 is 1.82 bits per heavy atom. The average Bonchev–Trinajstić information content (AvgIpc) is 2.55. The number of aromatic nitrogens is 1. The molecule has 0 aromatic carbocycles. The van der Waals surface area contributed by atoms with Crippen LogP contribution in [0.3, 0.4) is 0 Å². The molecule has 1 aliphatic rings. The molecule has 1 aromatic heterocycles. The van der Waals surface area contributed by atoms with Crippen LogP contribution in [0.1, 0.15) is 10.9 Å². The van der Waals surface area contributed by atoms with E-state index in [0.29, 0.717) is 6.61 Å². The van der Waals surface area contributed by atoms with Crippen LogP contribution in [-0.2, 0) is 4.74 Å². The molecular formula is C6H6N2O2S. The normalized spacial score (nSPS) is 22.9. The first-order chi connectivity index (χ1) is 5.36. The largest absolute Gasteiger partial charge is 0.447 e. The van der Waals surface area contributed by atoms with E-state index in [0.717, 1.165) is 4.88 Å². The summed E-state index contributed by atoms with van der Waals surface area (Å²) in [7, 11) is 0. The van der Waals surface area contributed by atoms with Crippen LogP contribution in [0.5, 0.6) is 0 Å². The van der Waals surface area contributed by atoms with Crippen molar-refractivity contribution in [3.05, 3.63) is 16.6 Å². The van der Waals surface area contributed by atoms with Crippen molar-refractivity contribution in [1.82, 2.24) is 10.3 Å². The van der Waals surface area contributed by atoms with Gasteiger partial charge in [0.1, 0.15) is 12.6 Å². The van der Waals surface area contributed by atoms with E-state index in [2.05, 4.69) is 10.3 Å². The SMILES string of the molecule is O=C1NC(c2cncs2)CO1. The van der Waals surface area contributed by atoms with Crippen LogP contribution in [0.2, 0.25) is 0 Å². The van der Waals surface area contributed by atoms with E-state index in [1.54, 1.807) is 11.7 Å². The lowest BCUT2D eigenvalue weighted by molar-refractivity contribution is 0.177. The Hall–Kier alpha value is -1.10. The molecule has 1 aromatic rings. The lowest BCUT2D eigenvalue weighted by Crippen LogP contribution is -2.17. The second kappa shape index (κ2) is 2.50. The fourth-order valence-corrected chi connectivity index (χ4v) is 1.59. The zero-order valence-electron chi connectivity index (χ0n) is 5.61. The minimum atomic E-state index is -0.344. The Kier molecular flexibility index (Phi) is 1.50. The van der Waals surface area contributed by atoms with Gasteiger partial charge in [-0.3, -0.25) is 4.98 Å². The molecule has 1 atom stereocenters. The van der Waals surface area contributed by atoms with Crippen LogP contribution in [-0.4, -0.2) is 17.7 Å². The minimum absolute atomic E-state index is 0.00926. The highest BCUT2D eigenvalue weighted by Gasteiger charge is 2.24. The first-order valence-electron chi connectivity index (χ1n) is 3.18. The standard InChI is InChI=1S/C6H6N2O2S/c9-6-8-4(2-10-6)5-1-7-3-11-5/h1,3-4H,2H2,(H,8,9). The highest BCUT2D eigenvalue weighted by atomic mass is 32.1. The number of alkyl carbamates (subject to hydrolysis) is 1. The highest BCUT2D eigenvalue weighted by molar-refractivity contribution is 7.09. The molecular weight excluding hydrogens is 164 g/mol. The summed E-state index contributed by atoms with van der Waals surface area (Å²) in [6.45, 7) is 0.418. The number of carbonyl (C=O) groups is 1. The Morgan fingerprint density at radius 3 is 3.27 bits per heavy atom. The third-order valence-corrected chi connectivity index (χ3v) is 2.36. The predicted octanol–water partition coefficient (Wildman–Crippen LogP) is 0.924. The summed E-state index contributed by atoms with van der Waals surface area (Å²) >= 11 is 1.52. The number of ether oxygens (including phenoxy) is 1. The molecule has 2 heterocycles. The van der Waals surface area contributed by atoms with Crippen LogP contribution >= 0.6 is 11.3 Å². The van der Waals surface area contributed by atoms with Crippen LogP contribution < -0.4 is 5.32 Å². The second-order valence-electron chi connectivity index (χ2n) is 2.20. The number of thiazole rings is 1. The van der Waals surface area contributed by atoms with E-state index in [-0.39, 0.29) is 12.1 Å². The van der Waals surface area contributed by atoms with Gasteiger partial charge in [0.15, 0.2) is 0 Å². The molecule has 2 rings (SSSR count). The monoisotopic (exact) mass is 170 g/mol. The number of nitrogens with zero attached hydrogens (tertiary/aromatic N) is 1. The molecule has 0 bridgehead atoms. The summed E-state index contributed by atoms with van der Waals surface area (Å²) in [5.74, 6) is 0. The molecule has 11 heavy (non-hydrogen) atoms. The van der Waals surface area contributed by atoms with Crippen LogP contribution in [0.25, 0.3) is 0 Å². The third kappa shape index (κ3) is 1.19. The maximum atomic E-state index is 10.6. The molecule has 0 saturated carbocycles. The zero-order valence-corrected chi connectivity index (χ0v) is 6.43. The second-order valence-corrected chi connectivity index (χ2v) is 3.12. The van der Waals surface area contributed by atoms with Gasteiger partial charge in [-0.25, -0.2) is 4.79 Å². The van der Waals surface area contributed by atoms with Crippen molar-refractivity contribution in [1.29, 1.82) is 0 Å². The van der Waals surface area contributed by atoms with E-state index in [1.807, 2.05) is 0 Å². The lowest BCUT2D eigenvalue weighted by Gasteiger charge is -2.00. The topological polar surface area (TPSA) is 51.2 Å². The van der Waals surface area contributed by atoms with E-state index in [9.17, 15) is 4.79 Å². The van der Waals surface area contributed by atoms with Gasteiger partial charge < -0.3 is 10.1 Å². The number of hydrogen-bond acceptors (Lipinski definition) is 4. The summed E-state index contributed by atoms with van der Waals surface area (Å²) < 4.78 is 4.72. The molecule has 0 spiro atoms. The molecule has 1 unspecified atom stereocenters. The van der Waals surface area contributed by atoms with Gasteiger partial charge in [-0.1, -0.05) is 0 Å². The van der Waals surface area contributed by atoms with E-state index < -0.39 is 0 Å². The zero-order chi connectivity index (χ0) is 7.68. The smallest absolute Gasteiger partial charge is 0.407 e. The summed E-state index contributed by atoms with van der Waals surface area (Å²) in [5, 5.41) is 2.67. The van der Waals surface area contributed by atoms with Gasteiger partial charge in [0, 0.05) is 6.20 Å². The summed E-state index contributed by atoms with van der Waals surface area (Å²) in [5.41, 5.74) is 1.74. The van der Waals surface area contributed by atoms with Gasteiger partial charge in [-0.05, 0) is 0 Å². The molecule has 1 saturated heterocycles. The number of rotatable bonds is 1. The molecule has 1 amide bonds. The molecule has 58 valence electrons. The van der Waals surface area contributed by atoms with Crippen LogP contribution in [0.4, 0.5) is 4.79 Å². The fraction of sp³-hybridized carbons (Fsp3) is 0.333. The van der Waals surface area contributed by atoms with Crippen molar-refractivity contribution in [2.75, 3.05) is 6.61 Å². The first kappa shape index (κ1) is 6.60.